The van der Waals surface area contributed by atoms with Crippen molar-refractivity contribution < 1.29 is 4.74 Å². The number of nitrogens with zero attached hydrogens (tertiary/aromatic N) is 3. The number of hydrogen-bond donors (Lipinski definition) is 0. The van der Waals surface area contributed by atoms with Crippen LogP contribution in [0.15, 0.2) is 12.5 Å². The van der Waals surface area contributed by atoms with Gasteiger partial charge in [0.1, 0.15) is 0 Å². The van der Waals surface area contributed by atoms with E-state index in [1.807, 2.05) is 12.5 Å². The van der Waals surface area contributed by atoms with Gasteiger partial charge in [0.05, 0.1) is 23.2 Å². The highest BCUT2D eigenvalue weighted by Gasteiger charge is 2.47. The molecule has 3 rings (SSSR count). The molecule has 0 bridgehead atoms. The van der Waals surface area contributed by atoms with Crippen molar-refractivity contribution in [3.05, 3.63) is 18.2 Å². The van der Waals surface area contributed by atoms with Gasteiger partial charge >= 0.3 is 0 Å². The summed E-state index contributed by atoms with van der Waals surface area (Å²) in [5, 5.41) is 0. The largest absolute Gasteiger partial charge is 0.369 e. The van der Waals surface area contributed by atoms with Crippen LogP contribution < -0.4 is 0 Å². The summed E-state index contributed by atoms with van der Waals surface area (Å²) in [4.78, 5) is 6.77. The van der Waals surface area contributed by atoms with E-state index in [-0.39, 0.29) is 11.2 Å². The molecular formula is C16H27N3O. The van der Waals surface area contributed by atoms with Gasteiger partial charge in [-0.1, -0.05) is 0 Å². The second-order valence-corrected chi connectivity index (χ2v) is 7.39. The van der Waals surface area contributed by atoms with Crippen molar-refractivity contribution in [2.75, 3.05) is 13.1 Å². The second-order valence-electron chi connectivity index (χ2n) is 7.39. The van der Waals surface area contributed by atoms with E-state index in [9.17, 15) is 0 Å². The van der Waals surface area contributed by atoms with Crippen LogP contribution in [0, 0.1) is 5.92 Å². The van der Waals surface area contributed by atoms with E-state index in [2.05, 4.69) is 42.3 Å². The molecule has 4 heteroatoms. The molecule has 4 nitrogen and oxygen atoms in total. The first-order chi connectivity index (χ1) is 9.38. The van der Waals surface area contributed by atoms with Crippen molar-refractivity contribution in [1.29, 1.82) is 0 Å². The topological polar surface area (TPSA) is 30.3 Å². The van der Waals surface area contributed by atoms with E-state index in [1.165, 1.54) is 18.5 Å². The Morgan fingerprint density at radius 2 is 2.15 bits per heavy atom. The lowest BCUT2D eigenvalue weighted by molar-refractivity contribution is -0.214. The van der Waals surface area contributed by atoms with E-state index >= 15 is 0 Å². The van der Waals surface area contributed by atoms with Crippen LogP contribution in [-0.4, -0.2) is 38.7 Å². The zero-order valence-corrected chi connectivity index (χ0v) is 13.2. The Morgan fingerprint density at radius 3 is 2.85 bits per heavy atom. The maximum atomic E-state index is 6.43. The van der Waals surface area contributed by atoms with Crippen LogP contribution in [0.5, 0.6) is 0 Å². The van der Waals surface area contributed by atoms with Crippen molar-refractivity contribution in [3.63, 3.8) is 0 Å². The molecule has 0 amide bonds. The zero-order chi connectivity index (χ0) is 14.4. The first-order valence-electron chi connectivity index (χ1n) is 7.76. The highest BCUT2D eigenvalue weighted by Crippen LogP contribution is 2.44. The molecule has 20 heavy (non-hydrogen) atoms. The first-order valence-corrected chi connectivity index (χ1v) is 7.76. The van der Waals surface area contributed by atoms with E-state index in [0.717, 1.165) is 26.1 Å². The molecule has 2 atom stereocenters. The Kier molecular flexibility index (Phi) is 3.41. The predicted molar refractivity (Wildman–Crippen MR) is 79.4 cm³/mol. The van der Waals surface area contributed by atoms with Gasteiger partial charge in [-0.25, -0.2) is 4.98 Å². The molecule has 0 N–H and O–H groups in total. The highest BCUT2D eigenvalue weighted by atomic mass is 16.5. The molecule has 2 aliphatic rings. The van der Waals surface area contributed by atoms with Crippen LogP contribution in [0.25, 0.3) is 0 Å². The number of aromatic nitrogens is 2. The number of likely N-dealkylation sites (tertiary alicyclic amines) is 1. The van der Waals surface area contributed by atoms with Crippen LogP contribution in [0.1, 0.15) is 45.7 Å². The fourth-order valence-corrected chi connectivity index (χ4v) is 3.82. The Morgan fingerprint density at radius 1 is 1.35 bits per heavy atom. The molecule has 0 radical (unpaired) electrons. The molecule has 0 spiro atoms. The third-order valence-electron chi connectivity index (χ3n) is 5.17. The van der Waals surface area contributed by atoms with Gasteiger partial charge in [-0.2, -0.15) is 0 Å². The smallest absolute Gasteiger partial charge is 0.0945 e. The number of hydrogen-bond acceptors (Lipinski definition) is 3. The molecule has 0 saturated carbocycles. The number of fused-ring (bicyclic) bond motifs is 1. The van der Waals surface area contributed by atoms with Crippen LogP contribution >= 0.6 is 0 Å². The lowest BCUT2D eigenvalue weighted by Gasteiger charge is -2.53. The molecule has 3 heterocycles. The molecule has 2 fully saturated rings. The van der Waals surface area contributed by atoms with Gasteiger partial charge in [0.25, 0.3) is 0 Å². The maximum Gasteiger partial charge on any atom is 0.0945 e. The third kappa shape index (κ3) is 2.63. The summed E-state index contributed by atoms with van der Waals surface area (Å²) in [5.41, 5.74) is 1.42. The van der Waals surface area contributed by atoms with Gasteiger partial charge in [-0.15, -0.1) is 0 Å². The molecule has 0 aliphatic carbocycles. The molecule has 1 aromatic rings. The molecule has 0 unspecified atom stereocenters. The van der Waals surface area contributed by atoms with Crippen molar-refractivity contribution >= 4 is 0 Å². The van der Waals surface area contributed by atoms with Crippen LogP contribution in [0.4, 0.5) is 0 Å². The van der Waals surface area contributed by atoms with E-state index in [0.29, 0.717) is 5.92 Å². The SMILES string of the molecule is Cn1cncc1CN1CC[C@@]2(C)OC(C)(C)CC[C@H]2C1. The van der Waals surface area contributed by atoms with E-state index < -0.39 is 0 Å². The summed E-state index contributed by atoms with van der Waals surface area (Å²) in [7, 11) is 2.07. The lowest BCUT2D eigenvalue weighted by Crippen LogP contribution is -2.57. The fraction of sp³-hybridized carbons (Fsp3) is 0.812. The first kappa shape index (κ1) is 14.1. The number of ether oxygens (including phenoxy) is 1. The van der Waals surface area contributed by atoms with Gasteiger partial charge < -0.3 is 9.30 Å². The van der Waals surface area contributed by atoms with E-state index in [1.54, 1.807) is 0 Å². The van der Waals surface area contributed by atoms with Crippen LogP contribution in [0.2, 0.25) is 0 Å². The second kappa shape index (κ2) is 4.85. The van der Waals surface area contributed by atoms with Crippen molar-refractivity contribution in [2.24, 2.45) is 13.0 Å². The Hall–Kier alpha value is -0.870. The number of piperidine rings is 1. The van der Waals surface area contributed by atoms with Gasteiger partial charge in [0, 0.05) is 38.8 Å². The summed E-state index contributed by atoms with van der Waals surface area (Å²) < 4.78 is 8.55. The maximum absolute atomic E-state index is 6.43. The van der Waals surface area contributed by atoms with Crippen molar-refractivity contribution in [3.8, 4) is 0 Å². The van der Waals surface area contributed by atoms with Crippen LogP contribution in [0.3, 0.4) is 0 Å². The summed E-state index contributed by atoms with van der Waals surface area (Å²) in [5.74, 6) is 0.664. The van der Waals surface area contributed by atoms with Gasteiger partial charge in [-0.3, -0.25) is 4.90 Å². The van der Waals surface area contributed by atoms with E-state index in [4.69, 9.17) is 4.74 Å². The number of rotatable bonds is 2. The average Bonchev–Trinajstić information content (AvgIpc) is 2.74. The van der Waals surface area contributed by atoms with Crippen LogP contribution in [-0.2, 0) is 18.3 Å². The van der Waals surface area contributed by atoms with Gasteiger partial charge in [0.15, 0.2) is 0 Å². The fourth-order valence-electron chi connectivity index (χ4n) is 3.82. The quantitative estimate of drug-likeness (QED) is 0.832. The van der Waals surface area contributed by atoms with Crippen molar-refractivity contribution in [2.45, 2.75) is 57.8 Å². The number of imidazole rings is 1. The molecular weight excluding hydrogens is 250 g/mol. The van der Waals surface area contributed by atoms with Crippen molar-refractivity contribution in [1.82, 2.24) is 14.5 Å². The normalized spacial score (nSPS) is 33.9. The minimum Gasteiger partial charge on any atom is -0.369 e. The minimum atomic E-state index is 0.0510. The standard InChI is InChI=1S/C16H27N3O/c1-15(2)6-5-13-10-19(8-7-16(13,3)20-15)11-14-9-17-12-18(14)4/h9,12-13H,5-8,10-11H2,1-4H3/t13-,16+/m0/s1. The molecule has 2 aliphatic heterocycles. The monoisotopic (exact) mass is 277 g/mol. The average molecular weight is 277 g/mol. The lowest BCUT2D eigenvalue weighted by atomic mass is 9.74. The molecule has 2 saturated heterocycles. The highest BCUT2D eigenvalue weighted by molar-refractivity contribution is 5.01. The Balaban J connectivity index is 1.66. The summed E-state index contributed by atoms with van der Waals surface area (Å²) in [6.07, 6.45) is 7.46. The zero-order valence-electron chi connectivity index (χ0n) is 13.2. The number of aryl methyl sites for hydroxylation is 1. The Bertz CT molecular complexity index is 482. The molecule has 112 valence electrons. The Labute approximate surface area is 122 Å². The molecule has 1 aromatic heterocycles. The predicted octanol–water partition coefficient (Wildman–Crippen LogP) is 2.59. The van der Waals surface area contributed by atoms with Gasteiger partial charge in [0.2, 0.25) is 0 Å². The third-order valence-corrected chi connectivity index (χ3v) is 5.17. The molecule has 0 aromatic carbocycles. The summed E-state index contributed by atoms with van der Waals surface area (Å²) in [6.45, 7) is 10.1. The summed E-state index contributed by atoms with van der Waals surface area (Å²) >= 11 is 0. The summed E-state index contributed by atoms with van der Waals surface area (Å²) in [6, 6.07) is 0. The van der Waals surface area contributed by atoms with Gasteiger partial charge in [-0.05, 0) is 40.0 Å². The minimum absolute atomic E-state index is 0.0510.